The molecule has 0 unspecified atom stereocenters. The van der Waals surface area contributed by atoms with Crippen LogP contribution in [0.3, 0.4) is 0 Å². The number of aromatic nitrogens is 2. The number of anilines is 1. The van der Waals surface area contributed by atoms with E-state index in [4.69, 9.17) is 4.74 Å². The number of hydrogen-bond donors (Lipinski definition) is 1. The van der Waals surface area contributed by atoms with E-state index in [2.05, 4.69) is 15.3 Å². The van der Waals surface area contributed by atoms with Gasteiger partial charge in [-0.1, -0.05) is 0 Å². The second-order valence-corrected chi connectivity index (χ2v) is 3.41. The number of nitrogens with one attached hydrogen (secondary N) is 1. The van der Waals surface area contributed by atoms with E-state index in [9.17, 15) is 0 Å². The molecule has 0 atom stereocenters. The van der Waals surface area contributed by atoms with Gasteiger partial charge in [-0.25, -0.2) is 9.97 Å². The Morgan fingerprint density at radius 2 is 2.00 bits per heavy atom. The topological polar surface area (TPSA) is 47.0 Å². The maximum Gasteiger partial charge on any atom is 0.133 e. The zero-order valence-electron chi connectivity index (χ0n) is 8.63. The molecule has 76 valence electrons. The average molecular weight is 193 g/mol. The number of nitrogens with zero attached hydrogens (tertiary/aromatic N) is 2. The molecule has 4 heteroatoms. The number of ether oxygens (including phenoxy) is 1. The Morgan fingerprint density at radius 1 is 1.21 bits per heavy atom. The van der Waals surface area contributed by atoms with Crippen molar-refractivity contribution in [1.82, 2.24) is 9.97 Å². The maximum absolute atomic E-state index is 5.42. The quantitative estimate of drug-likeness (QED) is 0.721. The first kappa shape index (κ1) is 9.40. The highest BCUT2D eigenvalue weighted by Crippen LogP contribution is 2.19. The van der Waals surface area contributed by atoms with Crippen LogP contribution in [0.15, 0.2) is 0 Å². The van der Waals surface area contributed by atoms with E-state index >= 15 is 0 Å². The third kappa shape index (κ3) is 1.70. The van der Waals surface area contributed by atoms with Gasteiger partial charge in [0.05, 0.1) is 18.9 Å². The zero-order valence-corrected chi connectivity index (χ0v) is 8.63. The van der Waals surface area contributed by atoms with Crippen molar-refractivity contribution in [3.05, 3.63) is 17.1 Å². The van der Waals surface area contributed by atoms with Gasteiger partial charge in [0.2, 0.25) is 0 Å². The van der Waals surface area contributed by atoms with Gasteiger partial charge in [-0.05, 0) is 6.92 Å². The molecule has 1 aliphatic rings. The standard InChI is InChI=1S/C10H15N3O/c1-7-12-9-4-6-14-5-3-8(9)10(11-2)13-7/h3-6H2,1-2H3,(H,11,12,13). The van der Waals surface area contributed by atoms with E-state index < -0.39 is 0 Å². The van der Waals surface area contributed by atoms with Crippen LogP contribution in [0.1, 0.15) is 17.1 Å². The fraction of sp³-hybridized carbons (Fsp3) is 0.600. The van der Waals surface area contributed by atoms with Gasteiger partial charge in [-0.3, -0.25) is 0 Å². The fourth-order valence-corrected chi connectivity index (χ4v) is 1.78. The van der Waals surface area contributed by atoms with Gasteiger partial charge in [0.15, 0.2) is 0 Å². The van der Waals surface area contributed by atoms with Crippen LogP contribution in [0.4, 0.5) is 5.82 Å². The van der Waals surface area contributed by atoms with Crippen molar-refractivity contribution in [3.63, 3.8) is 0 Å². The Bertz CT molecular complexity index is 338. The minimum atomic E-state index is 0.770. The van der Waals surface area contributed by atoms with Gasteiger partial charge in [0, 0.05) is 25.5 Å². The van der Waals surface area contributed by atoms with Gasteiger partial charge in [-0.15, -0.1) is 0 Å². The number of aryl methyl sites for hydroxylation is 1. The lowest BCUT2D eigenvalue weighted by atomic mass is 10.1. The summed E-state index contributed by atoms with van der Waals surface area (Å²) in [4.78, 5) is 8.82. The SMILES string of the molecule is CNc1nc(C)nc2c1CCOCC2. The predicted molar refractivity (Wildman–Crippen MR) is 54.5 cm³/mol. The van der Waals surface area contributed by atoms with E-state index in [-0.39, 0.29) is 0 Å². The molecule has 1 aromatic heterocycles. The van der Waals surface area contributed by atoms with Crippen LogP contribution in [0.25, 0.3) is 0 Å². The summed E-state index contributed by atoms with van der Waals surface area (Å²) in [6, 6.07) is 0. The van der Waals surface area contributed by atoms with Crippen molar-refractivity contribution in [1.29, 1.82) is 0 Å². The monoisotopic (exact) mass is 193 g/mol. The number of hydrogen-bond acceptors (Lipinski definition) is 4. The Hall–Kier alpha value is -1.16. The van der Waals surface area contributed by atoms with Crippen LogP contribution in [0, 0.1) is 6.92 Å². The van der Waals surface area contributed by atoms with Crippen molar-refractivity contribution in [2.24, 2.45) is 0 Å². The Labute approximate surface area is 83.7 Å². The van der Waals surface area contributed by atoms with E-state index in [0.717, 1.165) is 43.4 Å². The summed E-state index contributed by atoms with van der Waals surface area (Å²) in [7, 11) is 1.90. The van der Waals surface area contributed by atoms with Crippen LogP contribution < -0.4 is 5.32 Å². The van der Waals surface area contributed by atoms with Gasteiger partial charge < -0.3 is 10.1 Å². The average Bonchev–Trinajstić information content (AvgIpc) is 2.41. The third-order valence-electron chi connectivity index (χ3n) is 2.42. The Kier molecular flexibility index (Phi) is 2.63. The van der Waals surface area contributed by atoms with Crippen LogP contribution in [-0.4, -0.2) is 30.2 Å². The lowest BCUT2D eigenvalue weighted by Gasteiger charge is -2.10. The maximum atomic E-state index is 5.42. The molecular weight excluding hydrogens is 178 g/mol. The summed E-state index contributed by atoms with van der Waals surface area (Å²) in [6.07, 6.45) is 1.80. The van der Waals surface area contributed by atoms with Gasteiger partial charge >= 0.3 is 0 Å². The molecule has 2 rings (SSSR count). The third-order valence-corrected chi connectivity index (χ3v) is 2.42. The molecule has 0 bridgehead atoms. The molecule has 1 aliphatic heterocycles. The minimum absolute atomic E-state index is 0.770. The lowest BCUT2D eigenvalue weighted by Crippen LogP contribution is -2.07. The predicted octanol–water partition coefficient (Wildman–Crippen LogP) is 0.942. The lowest BCUT2D eigenvalue weighted by molar-refractivity contribution is 0.146. The highest BCUT2D eigenvalue weighted by Gasteiger charge is 2.14. The van der Waals surface area contributed by atoms with Crippen molar-refractivity contribution >= 4 is 5.82 Å². The number of rotatable bonds is 1. The van der Waals surface area contributed by atoms with Crippen molar-refractivity contribution in [2.45, 2.75) is 19.8 Å². The van der Waals surface area contributed by atoms with E-state index in [1.807, 2.05) is 14.0 Å². The molecule has 14 heavy (non-hydrogen) atoms. The zero-order chi connectivity index (χ0) is 9.97. The fourth-order valence-electron chi connectivity index (χ4n) is 1.78. The summed E-state index contributed by atoms with van der Waals surface area (Å²) < 4.78 is 5.42. The van der Waals surface area contributed by atoms with E-state index in [0.29, 0.717) is 0 Å². The van der Waals surface area contributed by atoms with Gasteiger partial charge in [0.25, 0.3) is 0 Å². The summed E-state index contributed by atoms with van der Waals surface area (Å²) in [5, 5.41) is 3.12. The first-order chi connectivity index (χ1) is 6.81. The first-order valence-electron chi connectivity index (χ1n) is 4.93. The van der Waals surface area contributed by atoms with Crippen LogP contribution in [-0.2, 0) is 17.6 Å². The molecule has 0 saturated heterocycles. The molecule has 1 N–H and O–H groups in total. The summed E-state index contributed by atoms with van der Waals surface area (Å²) in [6.45, 7) is 3.47. The molecule has 2 heterocycles. The molecule has 0 aromatic carbocycles. The molecule has 1 aromatic rings. The van der Waals surface area contributed by atoms with Crippen molar-refractivity contribution in [2.75, 3.05) is 25.6 Å². The highest BCUT2D eigenvalue weighted by molar-refractivity contribution is 5.46. The second-order valence-electron chi connectivity index (χ2n) is 3.41. The summed E-state index contributed by atoms with van der Waals surface area (Å²) >= 11 is 0. The normalized spacial score (nSPS) is 15.9. The number of fused-ring (bicyclic) bond motifs is 1. The van der Waals surface area contributed by atoms with Gasteiger partial charge in [-0.2, -0.15) is 0 Å². The van der Waals surface area contributed by atoms with Crippen molar-refractivity contribution in [3.8, 4) is 0 Å². The van der Waals surface area contributed by atoms with Crippen LogP contribution in [0.2, 0.25) is 0 Å². The molecule has 0 radical (unpaired) electrons. The molecule has 0 aliphatic carbocycles. The summed E-state index contributed by atoms with van der Waals surface area (Å²) in [5.41, 5.74) is 2.36. The van der Waals surface area contributed by atoms with E-state index in [1.165, 1.54) is 5.56 Å². The van der Waals surface area contributed by atoms with Gasteiger partial charge in [0.1, 0.15) is 11.6 Å². The molecule has 0 saturated carbocycles. The first-order valence-corrected chi connectivity index (χ1v) is 4.93. The largest absolute Gasteiger partial charge is 0.381 e. The molecule has 0 amide bonds. The smallest absolute Gasteiger partial charge is 0.133 e. The molecular formula is C10H15N3O. The van der Waals surface area contributed by atoms with Crippen LogP contribution in [0.5, 0.6) is 0 Å². The second kappa shape index (κ2) is 3.92. The van der Waals surface area contributed by atoms with Crippen molar-refractivity contribution < 1.29 is 4.74 Å². The summed E-state index contributed by atoms with van der Waals surface area (Å²) in [5.74, 6) is 1.79. The molecule has 0 fully saturated rings. The minimum Gasteiger partial charge on any atom is -0.381 e. The molecule has 0 spiro atoms. The van der Waals surface area contributed by atoms with E-state index in [1.54, 1.807) is 0 Å². The van der Waals surface area contributed by atoms with Crippen LogP contribution >= 0.6 is 0 Å². The Balaban J connectivity index is 2.46. The molecule has 4 nitrogen and oxygen atoms in total. The Morgan fingerprint density at radius 3 is 2.79 bits per heavy atom. The highest BCUT2D eigenvalue weighted by atomic mass is 16.5.